The summed E-state index contributed by atoms with van der Waals surface area (Å²) in [4.78, 5) is 0. The fraction of sp³-hybridized carbons (Fsp3) is 0.125. The first kappa shape index (κ1) is 13.2. The lowest BCUT2D eigenvalue weighted by molar-refractivity contribution is 0.628. The molecule has 0 bridgehead atoms. The Morgan fingerprint density at radius 2 is 2.00 bits per heavy atom. The van der Waals surface area contributed by atoms with E-state index in [2.05, 4.69) is 44.1 Å². The monoisotopic (exact) mass is 332 g/mol. The van der Waals surface area contributed by atoms with Crippen LogP contribution in [0.15, 0.2) is 53.1 Å². The second kappa shape index (κ2) is 5.29. The average Bonchev–Trinajstić information content (AvgIpc) is 2.77. The van der Waals surface area contributed by atoms with Gasteiger partial charge in [0.2, 0.25) is 0 Å². The van der Waals surface area contributed by atoms with E-state index >= 15 is 0 Å². The zero-order chi connectivity index (χ0) is 14.1. The predicted molar refractivity (Wildman–Crippen MR) is 84.3 cm³/mol. The van der Waals surface area contributed by atoms with Gasteiger partial charge in [-0.2, -0.15) is 0 Å². The molecule has 102 valence electrons. The second-order valence-corrected chi connectivity index (χ2v) is 5.61. The minimum atomic E-state index is -0.242. The maximum atomic E-state index is 13.3. The Morgan fingerprint density at radius 1 is 1.20 bits per heavy atom. The van der Waals surface area contributed by atoms with Gasteiger partial charge in [0.25, 0.3) is 0 Å². The van der Waals surface area contributed by atoms with Crippen LogP contribution in [0.4, 0.5) is 10.1 Å². The largest absolute Gasteiger partial charge is 0.380 e. The van der Waals surface area contributed by atoms with E-state index in [1.165, 1.54) is 28.6 Å². The summed E-state index contributed by atoms with van der Waals surface area (Å²) in [5.74, 6) is -0.242. The molecule has 0 amide bonds. The van der Waals surface area contributed by atoms with E-state index in [1.807, 2.05) is 19.2 Å². The molecule has 0 saturated heterocycles. The molecule has 3 rings (SSSR count). The minimum Gasteiger partial charge on any atom is -0.380 e. The molecule has 20 heavy (non-hydrogen) atoms. The van der Waals surface area contributed by atoms with Crippen LogP contribution in [0, 0.1) is 5.82 Å². The average molecular weight is 333 g/mol. The molecule has 1 heterocycles. The lowest BCUT2D eigenvalue weighted by Crippen LogP contribution is -2.00. The summed E-state index contributed by atoms with van der Waals surface area (Å²) in [6.07, 6.45) is 2.10. The van der Waals surface area contributed by atoms with Crippen molar-refractivity contribution in [2.24, 2.45) is 7.05 Å². The van der Waals surface area contributed by atoms with Gasteiger partial charge in [0, 0.05) is 35.2 Å². The first-order chi connectivity index (χ1) is 9.65. The smallest absolute Gasteiger partial charge is 0.125 e. The topological polar surface area (TPSA) is 17.0 Å². The predicted octanol–water partition coefficient (Wildman–Crippen LogP) is 4.69. The molecule has 0 radical (unpaired) electrons. The van der Waals surface area contributed by atoms with E-state index in [1.54, 1.807) is 6.07 Å². The van der Waals surface area contributed by atoms with Crippen molar-refractivity contribution < 1.29 is 4.39 Å². The van der Waals surface area contributed by atoms with Crippen molar-refractivity contribution in [3.8, 4) is 0 Å². The number of fused-ring (bicyclic) bond motifs is 1. The van der Waals surface area contributed by atoms with Crippen molar-refractivity contribution in [2.45, 2.75) is 6.54 Å². The number of aromatic nitrogens is 1. The third-order valence-electron chi connectivity index (χ3n) is 3.38. The van der Waals surface area contributed by atoms with Gasteiger partial charge in [-0.1, -0.05) is 18.2 Å². The summed E-state index contributed by atoms with van der Waals surface area (Å²) < 4.78 is 16.2. The number of halogens is 2. The fourth-order valence-corrected chi connectivity index (χ4v) is 2.78. The number of para-hydroxylation sites is 1. The van der Waals surface area contributed by atoms with Crippen molar-refractivity contribution in [1.29, 1.82) is 0 Å². The van der Waals surface area contributed by atoms with Crippen LogP contribution < -0.4 is 5.32 Å². The van der Waals surface area contributed by atoms with Crippen LogP contribution in [-0.4, -0.2) is 4.57 Å². The van der Waals surface area contributed by atoms with Gasteiger partial charge >= 0.3 is 0 Å². The molecule has 0 aliphatic rings. The lowest BCUT2D eigenvalue weighted by atomic mass is 10.2. The molecule has 1 aromatic heterocycles. The van der Waals surface area contributed by atoms with Crippen LogP contribution in [-0.2, 0) is 13.6 Å². The summed E-state index contributed by atoms with van der Waals surface area (Å²) in [5, 5.41) is 4.49. The molecule has 2 nitrogen and oxygen atoms in total. The molecule has 1 N–H and O–H groups in total. The number of hydrogen-bond acceptors (Lipinski definition) is 1. The highest BCUT2D eigenvalue weighted by atomic mass is 79.9. The summed E-state index contributed by atoms with van der Waals surface area (Å²) in [6, 6.07) is 12.9. The number of aryl methyl sites for hydroxylation is 1. The molecule has 4 heteroatoms. The highest BCUT2D eigenvalue weighted by Crippen LogP contribution is 2.25. The van der Waals surface area contributed by atoms with E-state index in [0.717, 1.165) is 10.2 Å². The van der Waals surface area contributed by atoms with Crippen LogP contribution in [0.1, 0.15) is 5.56 Å². The van der Waals surface area contributed by atoms with Crippen molar-refractivity contribution >= 4 is 32.5 Å². The Bertz CT molecular complexity index is 764. The van der Waals surface area contributed by atoms with Gasteiger partial charge in [-0.25, -0.2) is 4.39 Å². The highest BCUT2D eigenvalue weighted by Gasteiger charge is 2.07. The Balaban J connectivity index is 1.89. The maximum absolute atomic E-state index is 13.3. The number of benzene rings is 2. The fourth-order valence-electron chi connectivity index (χ4n) is 2.39. The summed E-state index contributed by atoms with van der Waals surface area (Å²) >= 11 is 3.42. The van der Waals surface area contributed by atoms with Crippen LogP contribution in [0.3, 0.4) is 0 Å². The zero-order valence-electron chi connectivity index (χ0n) is 11.0. The summed E-state index contributed by atoms with van der Waals surface area (Å²) in [7, 11) is 2.03. The van der Waals surface area contributed by atoms with Gasteiger partial charge in [-0.05, 0) is 45.8 Å². The van der Waals surface area contributed by atoms with Crippen molar-refractivity contribution in [3.63, 3.8) is 0 Å². The molecule has 0 spiro atoms. The zero-order valence-corrected chi connectivity index (χ0v) is 12.6. The number of rotatable bonds is 3. The molecule has 2 aromatic carbocycles. The number of anilines is 1. The first-order valence-electron chi connectivity index (χ1n) is 6.37. The standard InChI is InChI=1S/C16H14BrFN2/c1-20-10-11(13-4-2-3-5-16(13)20)9-19-15-8-12(18)6-7-14(15)17/h2-8,10,19H,9H2,1H3. The third-order valence-corrected chi connectivity index (χ3v) is 4.07. The van der Waals surface area contributed by atoms with E-state index in [-0.39, 0.29) is 5.82 Å². The number of nitrogens with zero attached hydrogens (tertiary/aromatic N) is 1. The van der Waals surface area contributed by atoms with Crippen molar-refractivity contribution in [2.75, 3.05) is 5.32 Å². The van der Waals surface area contributed by atoms with Crippen LogP contribution >= 0.6 is 15.9 Å². The van der Waals surface area contributed by atoms with Gasteiger partial charge in [0.1, 0.15) is 5.82 Å². The Kier molecular flexibility index (Phi) is 3.49. The quantitative estimate of drug-likeness (QED) is 0.736. The number of nitrogens with one attached hydrogen (secondary N) is 1. The highest BCUT2D eigenvalue weighted by molar-refractivity contribution is 9.10. The van der Waals surface area contributed by atoms with Crippen LogP contribution in [0.2, 0.25) is 0 Å². The number of hydrogen-bond donors (Lipinski definition) is 1. The van der Waals surface area contributed by atoms with Gasteiger partial charge in [0.05, 0.1) is 5.69 Å². The Morgan fingerprint density at radius 3 is 2.85 bits per heavy atom. The van der Waals surface area contributed by atoms with Gasteiger partial charge in [-0.3, -0.25) is 0 Å². The molecular weight excluding hydrogens is 319 g/mol. The van der Waals surface area contributed by atoms with E-state index < -0.39 is 0 Å². The normalized spacial score (nSPS) is 10.9. The van der Waals surface area contributed by atoms with Crippen molar-refractivity contribution in [1.82, 2.24) is 4.57 Å². The van der Waals surface area contributed by atoms with Gasteiger partial charge in [0.15, 0.2) is 0 Å². The maximum Gasteiger partial charge on any atom is 0.125 e. The molecule has 0 fully saturated rings. The third kappa shape index (κ3) is 2.43. The summed E-state index contributed by atoms with van der Waals surface area (Å²) in [6.45, 7) is 0.656. The molecular formula is C16H14BrFN2. The first-order valence-corrected chi connectivity index (χ1v) is 7.16. The lowest BCUT2D eigenvalue weighted by Gasteiger charge is -2.08. The van der Waals surface area contributed by atoms with E-state index in [4.69, 9.17) is 0 Å². The van der Waals surface area contributed by atoms with E-state index in [9.17, 15) is 4.39 Å². The second-order valence-electron chi connectivity index (χ2n) is 4.76. The van der Waals surface area contributed by atoms with Gasteiger partial charge in [-0.15, -0.1) is 0 Å². The van der Waals surface area contributed by atoms with Gasteiger partial charge < -0.3 is 9.88 Å². The molecule has 0 saturated carbocycles. The van der Waals surface area contributed by atoms with Crippen LogP contribution in [0.25, 0.3) is 10.9 Å². The van der Waals surface area contributed by atoms with E-state index in [0.29, 0.717) is 6.54 Å². The minimum absolute atomic E-state index is 0.242. The molecule has 0 atom stereocenters. The molecule has 0 aliphatic heterocycles. The molecule has 3 aromatic rings. The van der Waals surface area contributed by atoms with Crippen LogP contribution in [0.5, 0.6) is 0 Å². The summed E-state index contributed by atoms with van der Waals surface area (Å²) in [5.41, 5.74) is 3.15. The van der Waals surface area contributed by atoms with Crippen molar-refractivity contribution in [3.05, 3.63) is 64.5 Å². The SMILES string of the molecule is Cn1cc(CNc2cc(F)ccc2Br)c2ccccc21. The molecule has 0 aliphatic carbocycles. The Hall–Kier alpha value is -1.81. The Labute approximate surface area is 125 Å². The molecule has 0 unspecified atom stereocenters.